The van der Waals surface area contributed by atoms with Crippen LogP contribution in [0, 0.1) is 5.82 Å². The van der Waals surface area contributed by atoms with Gasteiger partial charge >= 0.3 is 0 Å². The van der Waals surface area contributed by atoms with E-state index in [1.807, 2.05) is 6.07 Å². The van der Waals surface area contributed by atoms with Gasteiger partial charge in [-0.25, -0.2) is 9.37 Å². The number of aryl methyl sites for hydroxylation is 1. The molecular weight excluding hydrogens is 275 g/mol. The second-order valence-electron chi connectivity index (χ2n) is 5.26. The predicted molar refractivity (Wildman–Crippen MR) is 82.1 cm³/mol. The molecule has 0 amide bonds. The molecule has 0 radical (unpaired) electrons. The lowest BCUT2D eigenvalue weighted by Gasteiger charge is -2.17. The zero-order valence-corrected chi connectivity index (χ0v) is 12.4. The van der Waals surface area contributed by atoms with Crippen molar-refractivity contribution < 1.29 is 4.39 Å². The summed E-state index contributed by atoms with van der Waals surface area (Å²) in [4.78, 5) is 4.58. The van der Waals surface area contributed by atoms with Gasteiger partial charge in [-0.15, -0.1) is 0 Å². The van der Waals surface area contributed by atoms with Crippen LogP contribution in [-0.2, 0) is 12.8 Å². The molecule has 2 aromatic rings. The second-order valence-corrected chi connectivity index (χ2v) is 5.67. The Balaban J connectivity index is 2.32. The van der Waals surface area contributed by atoms with E-state index in [0.29, 0.717) is 5.52 Å². The molecule has 4 heteroatoms. The SMILES string of the molecule is CCNc1c2c(nc3c(F)c(Cl)ccc13)CCCCC2. The van der Waals surface area contributed by atoms with Crippen molar-refractivity contribution in [3.63, 3.8) is 0 Å². The molecular formula is C16H18ClFN2. The van der Waals surface area contributed by atoms with Crippen LogP contribution in [0.4, 0.5) is 10.1 Å². The molecule has 1 aliphatic rings. The van der Waals surface area contributed by atoms with Gasteiger partial charge in [-0.1, -0.05) is 18.0 Å². The van der Waals surface area contributed by atoms with E-state index in [2.05, 4.69) is 17.2 Å². The fourth-order valence-electron chi connectivity index (χ4n) is 2.99. The van der Waals surface area contributed by atoms with Crippen LogP contribution < -0.4 is 5.32 Å². The van der Waals surface area contributed by atoms with Gasteiger partial charge in [0, 0.05) is 23.3 Å². The summed E-state index contributed by atoms with van der Waals surface area (Å²) in [5.41, 5.74) is 3.74. The first kappa shape index (κ1) is 13.6. The first-order chi connectivity index (χ1) is 9.72. The number of benzene rings is 1. The largest absolute Gasteiger partial charge is 0.384 e. The van der Waals surface area contributed by atoms with Gasteiger partial charge in [-0.3, -0.25) is 0 Å². The van der Waals surface area contributed by atoms with E-state index >= 15 is 0 Å². The van der Waals surface area contributed by atoms with Crippen LogP contribution in [0.2, 0.25) is 5.02 Å². The van der Waals surface area contributed by atoms with Crippen molar-refractivity contribution in [3.8, 4) is 0 Å². The number of hydrogen-bond donors (Lipinski definition) is 1. The molecule has 106 valence electrons. The Morgan fingerprint density at radius 1 is 1.25 bits per heavy atom. The number of aromatic nitrogens is 1. The standard InChI is InChI=1S/C16H18ClFN2/c1-2-19-15-10-6-4-3-5-7-13(10)20-16-11(15)8-9-12(17)14(16)18/h8-9H,2-7H2,1H3,(H,19,20). The van der Waals surface area contributed by atoms with Crippen molar-refractivity contribution in [2.24, 2.45) is 0 Å². The molecule has 0 fully saturated rings. The summed E-state index contributed by atoms with van der Waals surface area (Å²) in [7, 11) is 0. The zero-order chi connectivity index (χ0) is 14.1. The lowest BCUT2D eigenvalue weighted by Crippen LogP contribution is -2.07. The molecule has 3 rings (SSSR count). The molecule has 0 saturated heterocycles. The molecule has 0 bridgehead atoms. The van der Waals surface area contributed by atoms with Gasteiger partial charge in [0.2, 0.25) is 0 Å². The average Bonchev–Trinajstić information content (AvgIpc) is 2.68. The van der Waals surface area contributed by atoms with Crippen molar-refractivity contribution in [3.05, 3.63) is 34.2 Å². The van der Waals surface area contributed by atoms with Crippen molar-refractivity contribution in [1.82, 2.24) is 4.98 Å². The fraction of sp³-hybridized carbons (Fsp3) is 0.438. The quantitative estimate of drug-likeness (QED) is 0.810. The Hall–Kier alpha value is -1.35. The molecule has 1 aromatic heterocycles. The third-order valence-corrected chi connectivity index (χ3v) is 4.22. The van der Waals surface area contributed by atoms with E-state index in [0.717, 1.165) is 42.6 Å². The van der Waals surface area contributed by atoms with Crippen molar-refractivity contribution in [2.45, 2.75) is 39.0 Å². The monoisotopic (exact) mass is 292 g/mol. The minimum atomic E-state index is -0.407. The van der Waals surface area contributed by atoms with Crippen LogP contribution in [0.25, 0.3) is 10.9 Å². The summed E-state index contributed by atoms with van der Waals surface area (Å²) < 4.78 is 14.3. The topological polar surface area (TPSA) is 24.9 Å². The lowest BCUT2D eigenvalue weighted by atomic mass is 10.0. The minimum Gasteiger partial charge on any atom is -0.384 e. The van der Waals surface area contributed by atoms with Crippen LogP contribution in [0.5, 0.6) is 0 Å². The van der Waals surface area contributed by atoms with Crippen LogP contribution in [-0.4, -0.2) is 11.5 Å². The minimum absolute atomic E-state index is 0.140. The molecule has 1 aliphatic carbocycles. The lowest BCUT2D eigenvalue weighted by molar-refractivity contribution is 0.636. The number of halogens is 2. The Kier molecular flexibility index (Phi) is 3.79. The molecule has 0 spiro atoms. The van der Waals surface area contributed by atoms with Crippen LogP contribution in [0.15, 0.2) is 12.1 Å². The van der Waals surface area contributed by atoms with Crippen molar-refractivity contribution in [2.75, 3.05) is 11.9 Å². The summed E-state index contributed by atoms with van der Waals surface area (Å²) in [5.74, 6) is -0.407. The molecule has 2 nitrogen and oxygen atoms in total. The maximum absolute atomic E-state index is 14.3. The highest BCUT2D eigenvalue weighted by Crippen LogP contribution is 2.35. The van der Waals surface area contributed by atoms with Gasteiger partial charge in [0.05, 0.1) is 5.02 Å². The van der Waals surface area contributed by atoms with Gasteiger partial charge in [0.25, 0.3) is 0 Å². The smallest absolute Gasteiger partial charge is 0.168 e. The van der Waals surface area contributed by atoms with Gasteiger partial charge < -0.3 is 5.32 Å². The molecule has 20 heavy (non-hydrogen) atoms. The van der Waals surface area contributed by atoms with E-state index in [9.17, 15) is 4.39 Å². The Bertz CT molecular complexity index is 655. The maximum atomic E-state index is 14.3. The summed E-state index contributed by atoms with van der Waals surface area (Å²) in [6.07, 6.45) is 5.45. The highest BCUT2D eigenvalue weighted by atomic mass is 35.5. The van der Waals surface area contributed by atoms with Gasteiger partial charge in [0.15, 0.2) is 5.82 Å². The van der Waals surface area contributed by atoms with Crippen LogP contribution >= 0.6 is 11.6 Å². The number of nitrogens with zero attached hydrogens (tertiary/aromatic N) is 1. The Morgan fingerprint density at radius 3 is 2.85 bits per heavy atom. The first-order valence-corrected chi connectivity index (χ1v) is 7.63. The van der Waals surface area contributed by atoms with Crippen molar-refractivity contribution in [1.29, 1.82) is 0 Å². The number of rotatable bonds is 2. The average molecular weight is 293 g/mol. The van der Waals surface area contributed by atoms with Crippen LogP contribution in [0.3, 0.4) is 0 Å². The molecule has 0 saturated carbocycles. The number of nitrogens with one attached hydrogen (secondary N) is 1. The van der Waals surface area contributed by atoms with Gasteiger partial charge in [-0.2, -0.15) is 0 Å². The van der Waals surface area contributed by atoms with Crippen LogP contribution in [0.1, 0.15) is 37.4 Å². The number of hydrogen-bond acceptors (Lipinski definition) is 2. The number of anilines is 1. The highest BCUT2D eigenvalue weighted by molar-refractivity contribution is 6.31. The van der Waals surface area contributed by atoms with Gasteiger partial charge in [0.1, 0.15) is 5.52 Å². The first-order valence-electron chi connectivity index (χ1n) is 7.25. The van der Waals surface area contributed by atoms with E-state index < -0.39 is 5.82 Å². The fourth-order valence-corrected chi connectivity index (χ4v) is 3.14. The van der Waals surface area contributed by atoms with Crippen molar-refractivity contribution >= 4 is 28.2 Å². The third kappa shape index (κ3) is 2.24. The number of fused-ring (bicyclic) bond motifs is 2. The molecule has 1 N–H and O–H groups in total. The molecule has 0 unspecified atom stereocenters. The summed E-state index contributed by atoms with van der Waals surface area (Å²) in [6, 6.07) is 3.49. The molecule has 0 aliphatic heterocycles. The maximum Gasteiger partial charge on any atom is 0.168 e. The highest BCUT2D eigenvalue weighted by Gasteiger charge is 2.19. The summed E-state index contributed by atoms with van der Waals surface area (Å²) >= 11 is 5.90. The normalized spacial score (nSPS) is 14.9. The third-order valence-electron chi connectivity index (χ3n) is 3.93. The molecule has 0 atom stereocenters. The summed E-state index contributed by atoms with van der Waals surface area (Å²) in [6.45, 7) is 2.87. The number of pyridine rings is 1. The van der Waals surface area contributed by atoms with E-state index in [1.54, 1.807) is 6.07 Å². The zero-order valence-electron chi connectivity index (χ0n) is 11.6. The predicted octanol–water partition coefficient (Wildman–Crippen LogP) is 4.73. The summed E-state index contributed by atoms with van der Waals surface area (Å²) in [5, 5.41) is 4.39. The van der Waals surface area contributed by atoms with Gasteiger partial charge in [-0.05, 0) is 50.3 Å². The molecule has 1 aromatic carbocycles. The Morgan fingerprint density at radius 2 is 2.05 bits per heavy atom. The van der Waals surface area contributed by atoms with E-state index in [-0.39, 0.29) is 5.02 Å². The van der Waals surface area contributed by atoms with E-state index in [1.165, 1.54) is 18.4 Å². The Labute approximate surface area is 123 Å². The van der Waals surface area contributed by atoms with E-state index in [4.69, 9.17) is 11.6 Å². The molecule has 1 heterocycles. The second kappa shape index (κ2) is 5.57.